The maximum Gasteiger partial charge on any atom is 0.338 e. The van der Waals surface area contributed by atoms with Gasteiger partial charge in [0.2, 0.25) is 0 Å². The Balaban J connectivity index is 1.58. The average Bonchev–Trinajstić information content (AvgIpc) is 3.26. The number of aromatic nitrogens is 1. The number of para-hydroxylation sites is 1. The van der Waals surface area contributed by atoms with Crippen molar-refractivity contribution in [3.8, 4) is 11.5 Å². The number of carbonyl (C=O) groups is 1. The van der Waals surface area contributed by atoms with E-state index in [1.807, 2.05) is 75.4 Å². The van der Waals surface area contributed by atoms with E-state index in [4.69, 9.17) is 25.8 Å². The van der Waals surface area contributed by atoms with Crippen LogP contribution < -0.4 is 24.4 Å². The van der Waals surface area contributed by atoms with Gasteiger partial charge < -0.3 is 14.2 Å². The van der Waals surface area contributed by atoms with E-state index in [0.717, 1.165) is 5.56 Å². The lowest BCUT2D eigenvalue weighted by molar-refractivity contribution is -0.139. The zero-order valence-electron chi connectivity index (χ0n) is 25.0. The van der Waals surface area contributed by atoms with Gasteiger partial charge in [0.25, 0.3) is 5.56 Å². The van der Waals surface area contributed by atoms with Crippen molar-refractivity contribution in [3.05, 3.63) is 123 Å². The number of halogens is 2. The first kappa shape index (κ1) is 31.8. The fourth-order valence-corrected chi connectivity index (χ4v) is 6.98. The van der Waals surface area contributed by atoms with E-state index in [1.165, 1.54) is 16.9 Å². The molecule has 228 valence electrons. The SMILES string of the molecule is CCOC(=O)C1=C(C)N=c2s/c(=C/c3cc(Cl)c(OCc4ccc(C)cc4)c(Br)c3)c(=O)n2[C@H]1c1ccccc1OC(C)C. The predicted octanol–water partition coefficient (Wildman–Crippen LogP) is 6.89. The number of thiazole rings is 1. The molecule has 1 aliphatic heterocycles. The van der Waals surface area contributed by atoms with Crippen molar-refractivity contribution in [3.63, 3.8) is 0 Å². The molecule has 10 heteroatoms. The Labute approximate surface area is 273 Å². The summed E-state index contributed by atoms with van der Waals surface area (Å²) in [5, 5.41) is 0.406. The number of allylic oxidation sites excluding steroid dienone is 1. The number of aryl methyl sites for hydroxylation is 1. The monoisotopic (exact) mass is 694 g/mol. The summed E-state index contributed by atoms with van der Waals surface area (Å²) in [6.07, 6.45) is 1.65. The standard InChI is InChI=1S/C34H32BrClN2O5S/c1-6-41-33(40)29-21(5)37-34-38(30(29)24-9-7-8-10-27(24)43-19(2)3)32(39)28(44-34)17-23-15-25(35)31(26(36)16-23)42-18-22-13-11-20(4)12-14-22/h7-17,19,30H,6,18H2,1-5H3/b28-17+/t30-/m0/s1. The fraction of sp³-hybridized carbons (Fsp3) is 0.265. The second kappa shape index (κ2) is 13.5. The third kappa shape index (κ3) is 6.70. The van der Waals surface area contributed by atoms with E-state index in [0.29, 0.717) is 59.3 Å². The van der Waals surface area contributed by atoms with Crippen LogP contribution >= 0.6 is 38.9 Å². The van der Waals surface area contributed by atoms with Crippen LogP contribution in [-0.2, 0) is 16.1 Å². The molecule has 44 heavy (non-hydrogen) atoms. The Morgan fingerprint density at radius 3 is 2.55 bits per heavy atom. The van der Waals surface area contributed by atoms with E-state index in [-0.39, 0.29) is 18.3 Å². The lowest BCUT2D eigenvalue weighted by Gasteiger charge is -2.26. The molecule has 0 unspecified atom stereocenters. The van der Waals surface area contributed by atoms with Crippen molar-refractivity contribution in [1.29, 1.82) is 0 Å². The number of hydrogen-bond acceptors (Lipinski definition) is 7. The molecule has 1 atom stereocenters. The van der Waals surface area contributed by atoms with E-state index < -0.39 is 12.0 Å². The molecule has 2 heterocycles. The molecule has 0 saturated carbocycles. The van der Waals surface area contributed by atoms with Crippen LogP contribution in [0, 0.1) is 6.92 Å². The molecule has 1 aliphatic rings. The highest BCUT2D eigenvalue weighted by molar-refractivity contribution is 9.10. The summed E-state index contributed by atoms with van der Waals surface area (Å²) in [5.74, 6) is 0.571. The van der Waals surface area contributed by atoms with Gasteiger partial charge in [0.15, 0.2) is 10.6 Å². The number of rotatable bonds is 9. The number of benzene rings is 3. The molecule has 4 aromatic rings. The van der Waals surface area contributed by atoms with Gasteiger partial charge in [-0.25, -0.2) is 9.79 Å². The first-order chi connectivity index (χ1) is 21.1. The summed E-state index contributed by atoms with van der Waals surface area (Å²) in [5.41, 5.74) is 4.07. The van der Waals surface area contributed by atoms with Gasteiger partial charge in [-0.15, -0.1) is 0 Å². The minimum Gasteiger partial charge on any atom is -0.491 e. The molecule has 0 N–H and O–H groups in total. The molecular formula is C34H32BrClN2O5S. The second-order valence-corrected chi connectivity index (χ2v) is 12.9. The van der Waals surface area contributed by atoms with E-state index >= 15 is 0 Å². The fourth-order valence-electron chi connectivity index (χ4n) is 4.95. The maximum atomic E-state index is 14.1. The number of ether oxygens (including phenoxy) is 3. The Hall–Kier alpha value is -3.66. The molecule has 0 spiro atoms. The maximum absolute atomic E-state index is 14.1. The van der Waals surface area contributed by atoms with Crippen LogP contribution in [0.15, 0.2) is 86.2 Å². The number of nitrogens with zero attached hydrogens (tertiary/aromatic N) is 2. The minimum atomic E-state index is -0.782. The molecule has 1 aromatic heterocycles. The predicted molar refractivity (Wildman–Crippen MR) is 177 cm³/mol. The van der Waals surface area contributed by atoms with Crippen molar-refractivity contribution < 1.29 is 19.0 Å². The van der Waals surface area contributed by atoms with E-state index in [9.17, 15) is 9.59 Å². The van der Waals surface area contributed by atoms with Gasteiger partial charge in [-0.2, -0.15) is 0 Å². The van der Waals surface area contributed by atoms with Crippen LogP contribution in [-0.4, -0.2) is 23.2 Å². The summed E-state index contributed by atoms with van der Waals surface area (Å²) in [4.78, 5) is 32.5. The highest BCUT2D eigenvalue weighted by Crippen LogP contribution is 2.37. The van der Waals surface area contributed by atoms with Gasteiger partial charge >= 0.3 is 5.97 Å². The van der Waals surface area contributed by atoms with Crippen LogP contribution in [0.3, 0.4) is 0 Å². The van der Waals surface area contributed by atoms with Crippen LogP contribution in [0.2, 0.25) is 5.02 Å². The summed E-state index contributed by atoms with van der Waals surface area (Å²) in [7, 11) is 0. The molecule has 7 nitrogen and oxygen atoms in total. The zero-order chi connectivity index (χ0) is 31.5. The highest BCUT2D eigenvalue weighted by atomic mass is 79.9. The van der Waals surface area contributed by atoms with Crippen LogP contribution in [0.25, 0.3) is 6.08 Å². The first-order valence-corrected chi connectivity index (χ1v) is 16.2. The number of esters is 1. The quantitative estimate of drug-likeness (QED) is 0.178. The van der Waals surface area contributed by atoms with Crippen molar-refractivity contribution in [2.75, 3.05) is 6.61 Å². The third-order valence-corrected chi connectivity index (χ3v) is 8.77. The summed E-state index contributed by atoms with van der Waals surface area (Å²) < 4.78 is 20.2. The Morgan fingerprint density at radius 2 is 1.86 bits per heavy atom. The first-order valence-electron chi connectivity index (χ1n) is 14.2. The Morgan fingerprint density at radius 1 is 1.14 bits per heavy atom. The van der Waals surface area contributed by atoms with Gasteiger partial charge in [-0.1, -0.05) is 71.0 Å². The number of fused-ring (bicyclic) bond motifs is 1. The summed E-state index contributed by atoms with van der Waals surface area (Å²) in [6, 6.07) is 18.4. The molecule has 0 saturated heterocycles. The number of hydrogen-bond donors (Lipinski definition) is 0. The molecule has 0 aliphatic carbocycles. The van der Waals surface area contributed by atoms with Crippen LogP contribution in [0.4, 0.5) is 0 Å². The summed E-state index contributed by atoms with van der Waals surface area (Å²) >= 11 is 11.5. The van der Waals surface area contributed by atoms with E-state index in [2.05, 4.69) is 20.9 Å². The lowest BCUT2D eigenvalue weighted by atomic mass is 9.95. The van der Waals surface area contributed by atoms with Crippen molar-refractivity contribution in [1.82, 2.24) is 4.57 Å². The van der Waals surface area contributed by atoms with Gasteiger partial charge in [0.05, 0.1) is 38.0 Å². The smallest absolute Gasteiger partial charge is 0.338 e. The van der Waals surface area contributed by atoms with Crippen molar-refractivity contribution in [2.24, 2.45) is 4.99 Å². The van der Waals surface area contributed by atoms with Crippen LogP contribution in [0.1, 0.15) is 56.0 Å². The van der Waals surface area contributed by atoms with Gasteiger partial charge in [-0.3, -0.25) is 9.36 Å². The zero-order valence-corrected chi connectivity index (χ0v) is 28.2. The molecule has 5 rings (SSSR count). The van der Waals surface area contributed by atoms with Gasteiger partial charge in [-0.05, 0) is 86.0 Å². The molecular weight excluding hydrogens is 664 g/mol. The molecule has 0 fully saturated rings. The van der Waals surface area contributed by atoms with Crippen molar-refractivity contribution >= 4 is 50.9 Å². The van der Waals surface area contributed by atoms with Crippen LogP contribution in [0.5, 0.6) is 11.5 Å². The topological polar surface area (TPSA) is 79.1 Å². The van der Waals surface area contributed by atoms with Gasteiger partial charge in [0.1, 0.15) is 18.4 Å². The lowest BCUT2D eigenvalue weighted by Crippen LogP contribution is -2.40. The number of carbonyl (C=O) groups excluding carboxylic acids is 1. The molecule has 0 radical (unpaired) electrons. The van der Waals surface area contributed by atoms with Crippen molar-refractivity contribution in [2.45, 2.75) is 53.4 Å². The second-order valence-electron chi connectivity index (χ2n) is 10.6. The molecule has 3 aromatic carbocycles. The van der Waals surface area contributed by atoms with E-state index in [1.54, 1.807) is 30.6 Å². The Bertz CT molecular complexity index is 1910. The molecule has 0 bridgehead atoms. The summed E-state index contributed by atoms with van der Waals surface area (Å²) in [6.45, 7) is 9.95. The van der Waals surface area contributed by atoms with Gasteiger partial charge in [0, 0.05) is 5.56 Å². The Kier molecular flexibility index (Phi) is 9.78. The minimum absolute atomic E-state index is 0.116. The normalized spacial score (nSPS) is 14.8. The third-order valence-electron chi connectivity index (χ3n) is 6.92. The highest BCUT2D eigenvalue weighted by Gasteiger charge is 2.35. The molecule has 0 amide bonds. The average molecular weight is 696 g/mol. The largest absolute Gasteiger partial charge is 0.491 e.